The lowest BCUT2D eigenvalue weighted by atomic mass is 9.76. The van der Waals surface area contributed by atoms with Gasteiger partial charge in [0.15, 0.2) is 0 Å². The lowest BCUT2D eigenvalue weighted by Crippen LogP contribution is -2.45. The molecule has 3 nitrogen and oxygen atoms in total. The molecule has 1 aromatic heterocycles. The van der Waals surface area contributed by atoms with Crippen LogP contribution in [0.5, 0.6) is 5.75 Å². The Bertz CT molecular complexity index is 580. The van der Waals surface area contributed by atoms with Crippen molar-refractivity contribution in [1.29, 1.82) is 0 Å². The standard InChI is InChI=1S/C18H21ClN2O/c19-16-6-4-15(5-7-16)11-18(8-2-10-21-13-18)14-22-17-3-1-9-20-12-17/h1,3-7,9,12,21H,2,8,10-11,13-14H2. The molecule has 4 heteroatoms. The van der Waals surface area contributed by atoms with Crippen LogP contribution in [0.4, 0.5) is 0 Å². The van der Waals surface area contributed by atoms with Crippen LogP contribution in [0.1, 0.15) is 18.4 Å². The Hall–Kier alpha value is -1.58. The van der Waals surface area contributed by atoms with E-state index in [0.29, 0.717) is 6.61 Å². The van der Waals surface area contributed by atoms with Crippen molar-refractivity contribution in [2.75, 3.05) is 19.7 Å². The Morgan fingerprint density at radius 3 is 2.77 bits per heavy atom. The first-order chi connectivity index (χ1) is 10.8. The second kappa shape index (κ2) is 7.12. The maximum atomic E-state index is 6.02. The van der Waals surface area contributed by atoms with Crippen LogP contribution in [0, 0.1) is 5.41 Å². The van der Waals surface area contributed by atoms with Crippen molar-refractivity contribution in [2.45, 2.75) is 19.3 Å². The molecular weight excluding hydrogens is 296 g/mol. The fourth-order valence-corrected chi connectivity index (χ4v) is 3.19. The molecule has 1 atom stereocenters. The van der Waals surface area contributed by atoms with E-state index in [1.165, 1.54) is 18.4 Å². The minimum Gasteiger partial charge on any atom is -0.491 e. The second-order valence-corrected chi connectivity index (χ2v) is 6.50. The van der Waals surface area contributed by atoms with Crippen LogP contribution in [0.2, 0.25) is 5.02 Å². The molecule has 0 saturated carbocycles. The molecule has 1 unspecified atom stereocenters. The summed E-state index contributed by atoms with van der Waals surface area (Å²) in [4.78, 5) is 4.11. The maximum Gasteiger partial charge on any atom is 0.137 e. The SMILES string of the molecule is Clc1ccc(CC2(COc3cccnc3)CCCNC2)cc1. The van der Waals surface area contributed by atoms with Gasteiger partial charge in [-0.05, 0) is 55.6 Å². The van der Waals surface area contributed by atoms with Gasteiger partial charge in [0.25, 0.3) is 0 Å². The third-order valence-corrected chi connectivity index (χ3v) is 4.48. The van der Waals surface area contributed by atoms with E-state index in [1.807, 2.05) is 24.3 Å². The molecule has 22 heavy (non-hydrogen) atoms. The zero-order chi connectivity index (χ0) is 15.3. The van der Waals surface area contributed by atoms with Crippen LogP contribution in [0.3, 0.4) is 0 Å². The van der Waals surface area contributed by atoms with Gasteiger partial charge in [-0.25, -0.2) is 0 Å². The first-order valence-corrected chi connectivity index (χ1v) is 8.12. The predicted octanol–water partition coefficient (Wildman–Crippen LogP) is 3.73. The first-order valence-electron chi connectivity index (χ1n) is 7.74. The van der Waals surface area contributed by atoms with E-state index in [-0.39, 0.29) is 5.41 Å². The zero-order valence-electron chi connectivity index (χ0n) is 12.6. The van der Waals surface area contributed by atoms with Crippen LogP contribution >= 0.6 is 11.6 Å². The Labute approximate surface area is 136 Å². The fourth-order valence-electron chi connectivity index (χ4n) is 3.06. The summed E-state index contributed by atoms with van der Waals surface area (Å²) in [5.74, 6) is 0.837. The van der Waals surface area contributed by atoms with E-state index in [0.717, 1.165) is 30.3 Å². The minimum atomic E-state index is 0.127. The minimum absolute atomic E-state index is 0.127. The highest BCUT2D eigenvalue weighted by molar-refractivity contribution is 6.30. The van der Waals surface area contributed by atoms with E-state index in [1.54, 1.807) is 12.4 Å². The largest absolute Gasteiger partial charge is 0.491 e. The lowest BCUT2D eigenvalue weighted by Gasteiger charge is -2.37. The molecule has 1 saturated heterocycles. The number of piperidine rings is 1. The van der Waals surface area contributed by atoms with Gasteiger partial charge in [0.05, 0.1) is 12.8 Å². The van der Waals surface area contributed by atoms with Crippen molar-refractivity contribution < 1.29 is 4.74 Å². The lowest BCUT2D eigenvalue weighted by molar-refractivity contribution is 0.110. The maximum absolute atomic E-state index is 6.02. The molecule has 1 fully saturated rings. The van der Waals surface area contributed by atoms with Crippen molar-refractivity contribution in [3.05, 3.63) is 59.4 Å². The topological polar surface area (TPSA) is 34.1 Å². The molecule has 0 bridgehead atoms. The van der Waals surface area contributed by atoms with Crippen LogP contribution in [-0.2, 0) is 6.42 Å². The fraction of sp³-hybridized carbons (Fsp3) is 0.389. The molecule has 1 aliphatic rings. The molecule has 2 heterocycles. The molecule has 3 rings (SSSR count). The third kappa shape index (κ3) is 3.99. The number of aromatic nitrogens is 1. The van der Waals surface area contributed by atoms with Crippen LogP contribution < -0.4 is 10.1 Å². The van der Waals surface area contributed by atoms with E-state index in [4.69, 9.17) is 16.3 Å². The second-order valence-electron chi connectivity index (χ2n) is 6.06. The van der Waals surface area contributed by atoms with Gasteiger partial charge in [-0.1, -0.05) is 23.7 Å². The third-order valence-electron chi connectivity index (χ3n) is 4.23. The van der Waals surface area contributed by atoms with Gasteiger partial charge >= 0.3 is 0 Å². The Morgan fingerprint density at radius 1 is 1.23 bits per heavy atom. The highest BCUT2D eigenvalue weighted by atomic mass is 35.5. The van der Waals surface area contributed by atoms with Gasteiger partial charge in [-0.3, -0.25) is 4.98 Å². The molecule has 0 amide bonds. The summed E-state index contributed by atoms with van der Waals surface area (Å²) in [6.07, 6.45) is 6.88. The Morgan fingerprint density at radius 2 is 2.09 bits per heavy atom. The van der Waals surface area contributed by atoms with E-state index in [2.05, 4.69) is 22.4 Å². The molecule has 0 radical (unpaired) electrons. The number of nitrogens with zero attached hydrogens (tertiary/aromatic N) is 1. The summed E-state index contributed by atoms with van der Waals surface area (Å²) < 4.78 is 6.02. The number of benzene rings is 1. The summed E-state index contributed by atoms with van der Waals surface area (Å²) in [6, 6.07) is 12.0. The summed E-state index contributed by atoms with van der Waals surface area (Å²) in [6.45, 7) is 2.78. The Kier molecular flexibility index (Phi) is 4.96. The predicted molar refractivity (Wildman–Crippen MR) is 89.4 cm³/mol. The number of rotatable bonds is 5. The molecule has 2 aromatic rings. The number of pyridine rings is 1. The van der Waals surface area contributed by atoms with Crippen molar-refractivity contribution in [3.8, 4) is 5.75 Å². The quantitative estimate of drug-likeness (QED) is 0.912. The molecular formula is C18H21ClN2O. The van der Waals surface area contributed by atoms with Crippen LogP contribution in [0.15, 0.2) is 48.8 Å². The smallest absolute Gasteiger partial charge is 0.137 e. The van der Waals surface area contributed by atoms with Crippen molar-refractivity contribution in [1.82, 2.24) is 10.3 Å². The van der Waals surface area contributed by atoms with Gasteiger partial charge in [-0.15, -0.1) is 0 Å². The number of halogens is 1. The van der Waals surface area contributed by atoms with Crippen LogP contribution in [-0.4, -0.2) is 24.7 Å². The first kappa shape index (κ1) is 15.3. The van der Waals surface area contributed by atoms with Gasteiger partial charge in [0, 0.05) is 23.2 Å². The average Bonchev–Trinajstić information content (AvgIpc) is 2.57. The summed E-state index contributed by atoms with van der Waals surface area (Å²) >= 11 is 5.99. The number of nitrogens with one attached hydrogen (secondary N) is 1. The number of hydrogen-bond acceptors (Lipinski definition) is 3. The summed E-state index contributed by atoms with van der Waals surface area (Å²) in [5, 5.41) is 4.31. The summed E-state index contributed by atoms with van der Waals surface area (Å²) in [5.41, 5.74) is 1.44. The monoisotopic (exact) mass is 316 g/mol. The average molecular weight is 317 g/mol. The normalized spacial score (nSPS) is 21.5. The zero-order valence-corrected chi connectivity index (χ0v) is 13.4. The van der Waals surface area contributed by atoms with E-state index >= 15 is 0 Å². The van der Waals surface area contributed by atoms with Gasteiger partial charge in [0.2, 0.25) is 0 Å². The molecule has 1 aliphatic heterocycles. The van der Waals surface area contributed by atoms with Crippen molar-refractivity contribution in [3.63, 3.8) is 0 Å². The van der Waals surface area contributed by atoms with Crippen LogP contribution in [0.25, 0.3) is 0 Å². The molecule has 1 N–H and O–H groups in total. The van der Waals surface area contributed by atoms with E-state index < -0.39 is 0 Å². The molecule has 1 aromatic carbocycles. The van der Waals surface area contributed by atoms with Crippen molar-refractivity contribution in [2.24, 2.45) is 5.41 Å². The highest BCUT2D eigenvalue weighted by Gasteiger charge is 2.33. The summed E-state index contributed by atoms with van der Waals surface area (Å²) in [7, 11) is 0. The highest BCUT2D eigenvalue weighted by Crippen LogP contribution is 2.32. The van der Waals surface area contributed by atoms with Gasteiger partial charge in [0.1, 0.15) is 5.75 Å². The number of hydrogen-bond donors (Lipinski definition) is 1. The Balaban J connectivity index is 1.71. The molecule has 0 spiro atoms. The van der Waals surface area contributed by atoms with Gasteiger partial charge < -0.3 is 10.1 Å². The molecule has 0 aliphatic carbocycles. The number of ether oxygens (including phenoxy) is 1. The van der Waals surface area contributed by atoms with Gasteiger partial charge in [-0.2, -0.15) is 0 Å². The van der Waals surface area contributed by atoms with E-state index in [9.17, 15) is 0 Å². The molecule has 116 valence electrons. The van der Waals surface area contributed by atoms with Crippen molar-refractivity contribution >= 4 is 11.6 Å².